The standard InChI is InChI=1S/C17H16ClFN2O/c1-21(10-12-4-5-13(19)7-16(12)18)17(22)15-8-14(15)11-3-2-6-20-9-11/h2-7,9,14-15H,8,10H2,1H3. The molecule has 114 valence electrons. The van der Waals surface area contributed by atoms with Crippen molar-refractivity contribution in [2.45, 2.75) is 18.9 Å². The van der Waals surface area contributed by atoms with Crippen LogP contribution in [-0.4, -0.2) is 22.8 Å². The van der Waals surface area contributed by atoms with E-state index in [1.807, 2.05) is 18.3 Å². The highest BCUT2D eigenvalue weighted by molar-refractivity contribution is 6.31. The highest BCUT2D eigenvalue weighted by Gasteiger charge is 2.45. The van der Waals surface area contributed by atoms with Gasteiger partial charge < -0.3 is 4.90 Å². The third kappa shape index (κ3) is 3.12. The quantitative estimate of drug-likeness (QED) is 0.862. The van der Waals surface area contributed by atoms with E-state index in [1.165, 1.54) is 12.1 Å². The summed E-state index contributed by atoms with van der Waals surface area (Å²) in [5.74, 6) is -0.0171. The summed E-state index contributed by atoms with van der Waals surface area (Å²) in [6.07, 6.45) is 4.40. The molecule has 0 radical (unpaired) electrons. The van der Waals surface area contributed by atoms with Gasteiger partial charge in [-0.2, -0.15) is 0 Å². The molecule has 3 nitrogen and oxygen atoms in total. The number of hydrogen-bond acceptors (Lipinski definition) is 2. The molecule has 2 unspecified atom stereocenters. The third-order valence-electron chi connectivity index (χ3n) is 4.02. The molecular formula is C17H16ClFN2O. The second-order valence-corrected chi connectivity index (χ2v) is 6.07. The van der Waals surface area contributed by atoms with E-state index in [4.69, 9.17) is 11.6 Å². The molecule has 2 atom stereocenters. The van der Waals surface area contributed by atoms with Crippen LogP contribution in [0.1, 0.15) is 23.5 Å². The predicted molar refractivity (Wildman–Crippen MR) is 83.0 cm³/mol. The predicted octanol–water partition coefficient (Wildman–Crippen LogP) is 3.64. The second kappa shape index (κ2) is 6.05. The van der Waals surface area contributed by atoms with Gasteiger partial charge in [0.15, 0.2) is 0 Å². The first kappa shape index (κ1) is 15.0. The van der Waals surface area contributed by atoms with Crippen molar-refractivity contribution in [2.75, 3.05) is 7.05 Å². The van der Waals surface area contributed by atoms with E-state index in [0.29, 0.717) is 11.6 Å². The average molecular weight is 319 g/mol. The Morgan fingerprint density at radius 1 is 1.45 bits per heavy atom. The molecule has 5 heteroatoms. The fraction of sp³-hybridized carbons (Fsp3) is 0.294. The van der Waals surface area contributed by atoms with Crippen LogP contribution in [0.4, 0.5) is 4.39 Å². The molecule has 1 fully saturated rings. The summed E-state index contributed by atoms with van der Waals surface area (Å²) in [5, 5.41) is 0.347. The molecule has 1 aromatic carbocycles. The van der Waals surface area contributed by atoms with Crippen LogP contribution in [-0.2, 0) is 11.3 Å². The van der Waals surface area contributed by atoms with Crippen molar-refractivity contribution in [2.24, 2.45) is 5.92 Å². The van der Waals surface area contributed by atoms with Crippen molar-refractivity contribution in [3.63, 3.8) is 0 Å². The van der Waals surface area contributed by atoms with Crippen molar-refractivity contribution in [1.29, 1.82) is 0 Å². The van der Waals surface area contributed by atoms with Gasteiger partial charge in [0.05, 0.1) is 0 Å². The van der Waals surface area contributed by atoms with Gasteiger partial charge in [-0.25, -0.2) is 4.39 Å². The van der Waals surface area contributed by atoms with Gasteiger partial charge in [0.1, 0.15) is 5.82 Å². The van der Waals surface area contributed by atoms with Gasteiger partial charge in [0, 0.05) is 36.9 Å². The van der Waals surface area contributed by atoms with Crippen LogP contribution in [0.15, 0.2) is 42.7 Å². The van der Waals surface area contributed by atoms with E-state index in [2.05, 4.69) is 4.98 Å². The zero-order chi connectivity index (χ0) is 15.7. The van der Waals surface area contributed by atoms with Crippen LogP contribution in [0.25, 0.3) is 0 Å². The lowest BCUT2D eigenvalue weighted by atomic mass is 10.1. The average Bonchev–Trinajstić information content (AvgIpc) is 3.30. The summed E-state index contributed by atoms with van der Waals surface area (Å²) in [6, 6.07) is 8.13. The van der Waals surface area contributed by atoms with E-state index in [1.54, 1.807) is 24.2 Å². The number of pyridine rings is 1. The largest absolute Gasteiger partial charge is 0.341 e. The molecule has 22 heavy (non-hydrogen) atoms. The Bertz CT molecular complexity index is 692. The SMILES string of the molecule is CN(Cc1ccc(F)cc1Cl)C(=O)C1CC1c1cccnc1. The minimum absolute atomic E-state index is 0.00780. The lowest BCUT2D eigenvalue weighted by Gasteiger charge is -2.18. The topological polar surface area (TPSA) is 33.2 Å². The van der Waals surface area contributed by atoms with Crippen molar-refractivity contribution in [3.8, 4) is 0 Å². The van der Waals surface area contributed by atoms with Crippen LogP contribution < -0.4 is 0 Å². The Hall–Kier alpha value is -1.94. The second-order valence-electron chi connectivity index (χ2n) is 5.67. The summed E-state index contributed by atoms with van der Waals surface area (Å²) in [7, 11) is 1.75. The molecule has 0 aliphatic heterocycles. The van der Waals surface area contributed by atoms with Crippen LogP contribution in [0.2, 0.25) is 5.02 Å². The molecule has 2 aromatic rings. The maximum atomic E-state index is 13.0. The third-order valence-corrected chi connectivity index (χ3v) is 4.37. The maximum absolute atomic E-state index is 13.0. The van der Waals surface area contributed by atoms with Gasteiger partial charge >= 0.3 is 0 Å². The molecule has 1 aliphatic carbocycles. The number of hydrogen-bond donors (Lipinski definition) is 0. The Kier molecular flexibility index (Phi) is 4.12. The molecule has 0 spiro atoms. The van der Waals surface area contributed by atoms with Crippen molar-refractivity contribution in [1.82, 2.24) is 9.88 Å². The summed E-state index contributed by atoms with van der Waals surface area (Å²) in [4.78, 5) is 18.2. The Morgan fingerprint density at radius 3 is 2.95 bits per heavy atom. The maximum Gasteiger partial charge on any atom is 0.226 e. The van der Waals surface area contributed by atoms with Gasteiger partial charge in [0.2, 0.25) is 5.91 Å². The zero-order valence-electron chi connectivity index (χ0n) is 12.2. The number of carbonyl (C=O) groups is 1. The first-order valence-corrected chi connectivity index (χ1v) is 7.53. The summed E-state index contributed by atoms with van der Waals surface area (Å²) in [5.41, 5.74) is 1.85. The molecule has 0 saturated heterocycles. The van der Waals surface area contributed by atoms with Crippen LogP contribution in [0.5, 0.6) is 0 Å². The number of halogens is 2. The van der Waals surface area contributed by atoms with Crippen molar-refractivity contribution < 1.29 is 9.18 Å². The summed E-state index contributed by atoms with van der Waals surface area (Å²) >= 11 is 6.01. The van der Waals surface area contributed by atoms with E-state index < -0.39 is 0 Å². The van der Waals surface area contributed by atoms with Gasteiger partial charge in [-0.05, 0) is 41.7 Å². The highest BCUT2D eigenvalue weighted by atomic mass is 35.5. The minimum Gasteiger partial charge on any atom is -0.341 e. The van der Waals surface area contributed by atoms with Gasteiger partial charge in [-0.15, -0.1) is 0 Å². The van der Waals surface area contributed by atoms with Crippen LogP contribution >= 0.6 is 11.6 Å². The fourth-order valence-electron chi connectivity index (χ4n) is 2.70. The molecular weight excluding hydrogens is 303 g/mol. The van der Waals surface area contributed by atoms with Crippen molar-refractivity contribution >= 4 is 17.5 Å². The molecule has 0 bridgehead atoms. The summed E-state index contributed by atoms with van der Waals surface area (Å²) in [6.45, 7) is 0.383. The monoisotopic (exact) mass is 318 g/mol. The molecule has 1 saturated carbocycles. The smallest absolute Gasteiger partial charge is 0.226 e. The van der Waals surface area contributed by atoms with Gasteiger partial charge in [-0.1, -0.05) is 23.7 Å². The Balaban J connectivity index is 1.64. The number of benzene rings is 1. The molecule has 1 heterocycles. The molecule has 1 aromatic heterocycles. The Morgan fingerprint density at radius 2 is 2.27 bits per heavy atom. The fourth-order valence-corrected chi connectivity index (χ4v) is 2.93. The number of rotatable bonds is 4. The molecule has 0 N–H and O–H groups in total. The normalized spacial score (nSPS) is 19.8. The minimum atomic E-state index is -0.374. The number of carbonyl (C=O) groups excluding carboxylic acids is 1. The van der Waals surface area contributed by atoms with Crippen LogP contribution in [0.3, 0.4) is 0 Å². The van der Waals surface area contributed by atoms with E-state index in [0.717, 1.165) is 17.5 Å². The van der Waals surface area contributed by atoms with Gasteiger partial charge in [-0.3, -0.25) is 9.78 Å². The number of amides is 1. The van der Waals surface area contributed by atoms with E-state index >= 15 is 0 Å². The molecule has 1 aliphatic rings. The van der Waals surface area contributed by atoms with E-state index in [-0.39, 0.29) is 23.6 Å². The lowest BCUT2D eigenvalue weighted by Crippen LogP contribution is -2.28. The molecule has 3 rings (SSSR count). The first-order chi connectivity index (χ1) is 10.6. The highest BCUT2D eigenvalue weighted by Crippen LogP contribution is 2.48. The van der Waals surface area contributed by atoms with Crippen LogP contribution in [0, 0.1) is 11.7 Å². The molecule has 1 amide bonds. The number of nitrogens with zero attached hydrogens (tertiary/aromatic N) is 2. The lowest BCUT2D eigenvalue weighted by molar-refractivity contribution is -0.131. The zero-order valence-corrected chi connectivity index (χ0v) is 12.9. The van der Waals surface area contributed by atoms with Crippen molar-refractivity contribution in [3.05, 3.63) is 64.7 Å². The van der Waals surface area contributed by atoms with E-state index in [9.17, 15) is 9.18 Å². The Labute approximate surface area is 133 Å². The number of aromatic nitrogens is 1. The summed E-state index contributed by atoms with van der Waals surface area (Å²) < 4.78 is 13.0. The first-order valence-electron chi connectivity index (χ1n) is 7.15. The van der Waals surface area contributed by atoms with Gasteiger partial charge in [0.25, 0.3) is 0 Å².